The molecule has 0 saturated heterocycles. The van der Waals surface area contributed by atoms with Crippen LogP contribution < -0.4 is 5.32 Å². The van der Waals surface area contributed by atoms with Crippen molar-refractivity contribution in [3.8, 4) is 0 Å². The summed E-state index contributed by atoms with van der Waals surface area (Å²) < 4.78 is 7.46. The fourth-order valence-electron chi connectivity index (χ4n) is 2.82. The molecular weight excluding hydrogens is 276 g/mol. The molecule has 0 aliphatic rings. The van der Waals surface area contributed by atoms with Crippen LogP contribution in [0.2, 0.25) is 0 Å². The molecule has 1 aromatic carbocycles. The molecule has 114 valence electrons. The van der Waals surface area contributed by atoms with Crippen molar-refractivity contribution in [1.29, 1.82) is 0 Å². The molecule has 0 aliphatic heterocycles. The fraction of sp³-hybridized carbons (Fsp3) is 0.278. The average Bonchev–Trinajstić information content (AvgIpc) is 2.97. The Kier molecular flexibility index (Phi) is 3.75. The van der Waals surface area contributed by atoms with E-state index in [1.807, 2.05) is 48.9 Å². The lowest BCUT2D eigenvalue weighted by Gasteiger charge is -2.07. The van der Waals surface area contributed by atoms with Gasteiger partial charge in [0, 0.05) is 29.2 Å². The number of nitrogens with zero attached hydrogens (tertiary/aromatic N) is 1. The molecule has 4 heteroatoms. The summed E-state index contributed by atoms with van der Waals surface area (Å²) in [5, 5.41) is 4.15. The van der Waals surface area contributed by atoms with Gasteiger partial charge in [0.05, 0.1) is 0 Å². The number of amides is 1. The van der Waals surface area contributed by atoms with Gasteiger partial charge in [-0.15, -0.1) is 0 Å². The molecule has 0 saturated carbocycles. The SMILES string of the molecule is Cc1cc(CNC(=O)Cn2cc(C)c3ccccc32)c(C)o1. The van der Waals surface area contributed by atoms with E-state index < -0.39 is 0 Å². The Hall–Kier alpha value is -2.49. The minimum absolute atomic E-state index is 0.000920. The molecule has 2 aromatic heterocycles. The van der Waals surface area contributed by atoms with Crippen LogP contribution in [0, 0.1) is 20.8 Å². The van der Waals surface area contributed by atoms with Crippen LogP contribution in [0.1, 0.15) is 22.6 Å². The van der Waals surface area contributed by atoms with Gasteiger partial charge in [0.25, 0.3) is 0 Å². The first-order valence-corrected chi connectivity index (χ1v) is 7.41. The van der Waals surface area contributed by atoms with Crippen LogP contribution in [0.15, 0.2) is 40.9 Å². The Morgan fingerprint density at radius 1 is 1.23 bits per heavy atom. The van der Waals surface area contributed by atoms with E-state index in [0.717, 1.165) is 22.6 Å². The van der Waals surface area contributed by atoms with Crippen LogP contribution in [-0.4, -0.2) is 10.5 Å². The first kappa shape index (κ1) is 14.4. The second-order valence-corrected chi connectivity index (χ2v) is 5.67. The number of hydrogen-bond acceptors (Lipinski definition) is 2. The molecule has 1 N–H and O–H groups in total. The van der Waals surface area contributed by atoms with Crippen LogP contribution >= 0.6 is 0 Å². The van der Waals surface area contributed by atoms with Gasteiger partial charge in [0.1, 0.15) is 18.1 Å². The summed E-state index contributed by atoms with van der Waals surface area (Å²) in [6.07, 6.45) is 2.03. The number of nitrogens with one attached hydrogen (secondary N) is 1. The number of carbonyl (C=O) groups excluding carboxylic acids is 1. The normalized spacial score (nSPS) is 11.0. The zero-order valence-electron chi connectivity index (χ0n) is 13.1. The van der Waals surface area contributed by atoms with Gasteiger partial charge in [-0.3, -0.25) is 4.79 Å². The summed E-state index contributed by atoms with van der Waals surface area (Å²) in [6, 6.07) is 10.1. The van der Waals surface area contributed by atoms with Crippen molar-refractivity contribution in [2.75, 3.05) is 0 Å². The van der Waals surface area contributed by atoms with Gasteiger partial charge >= 0.3 is 0 Å². The topological polar surface area (TPSA) is 47.2 Å². The first-order chi connectivity index (χ1) is 10.5. The van der Waals surface area contributed by atoms with Crippen molar-refractivity contribution < 1.29 is 9.21 Å². The van der Waals surface area contributed by atoms with E-state index in [1.54, 1.807) is 0 Å². The number of hydrogen-bond donors (Lipinski definition) is 1. The lowest BCUT2D eigenvalue weighted by atomic mass is 10.2. The summed E-state index contributed by atoms with van der Waals surface area (Å²) in [4.78, 5) is 12.2. The molecule has 0 bridgehead atoms. The number of aromatic nitrogens is 1. The number of rotatable bonds is 4. The first-order valence-electron chi connectivity index (χ1n) is 7.41. The number of benzene rings is 1. The third-order valence-electron chi connectivity index (χ3n) is 3.92. The Labute approximate surface area is 129 Å². The average molecular weight is 296 g/mol. The summed E-state index contributed by atoms with van der Waals surface area (Å²) in [5.41, 5.74) is 3.30. The lowest BCUT2D eigenvalue weighted by molar-refractivity contribution is -0.121. The van der Waals surface area contributed by atoms with Gasteiger partial charge in [-0.05, 0) is 38.5 Å². The van der Waals surface area contributed by atoms with Crippen LogP contribution in [0.5, 0.6) is 0 Å². The highest BCUT2D eigenvalue weighted by Crippen LogP contribution is 2.20. The summed E-state index contributed by atoms with van der Waals surface area (Å²) in [7, 11) is 0. The van der Waals surface area contributed by atoms with Crippen molar-refractivity contribution in [3.05, 3.63) is 59.2 Å². The maximum Gasteiger partial charge on any atom is 0.240 e. The summed E-state index contributed by atoms with van der Waals surface area (Å²) >= 11 is 0. The predicted molar refractivity (Wildman–Crippen MR) is 86.7 cm³/mol. The molecule has 0 unspecified atom stereocenters. The van der Waals surface area contributed by atoms with E-state index >= 15 is 0 Å². The van der Waals surface area contributed by atoms with Gasteiger partial charge in [0.15, 0.2) is 0 Å². The fourth-order valence-corrected chi connectivity index (χ4v) is 2.82. The minimum Gasteiger partial charge on any atom is -0.466 e. The van der Waals surface area contributed by atoms with Gasteiger partial charge in [0.2, 0.25) is 5.91 Å². The zero-order valence-corrected chi connectivity index (χ0v) is 13.1. The van der Waals surface area contributed by atoms with Crippen LogP contribution in [0.4, 0.5) is 0 Å². The van der Waals surface area contributed by atoms with E-state index in [9.17, 15) is 4.79 Å². The van der Waals surface area contributed by atoms with E-state index in [1.165, 1.54) is 10.9 Å². The molecule has 4 nitrogen and oxygen atoms in total. The maximum absolute atomic E-state index is 12.2. The number of carbonyl (C=O) groups is 1. The number of fused-ring (bicyclic) bond motifs is 1. The maximum atomic E-state index is 12.2. The van der Waals surface area contributed by atoms with E-state index in [-0.39, 0.29) is 5.91 Å². The van der Waals surface area contributed by atoms with E-state index in [0.29, 0.717) is 13.1 Å². The van der Waals surface area contributed by atoms with Crippen molar-refractivity contribution >= 4 is 16.8 Å². The minimum atomic E-state index is -0.000920. The van der Waals surface area contributed by atoms with Gasteiger partial charge < -0.3 is 14.3 Å². The monoisotopic (exact) mass is 296 g/mol. The van der Waals surface area contributed by atoms with Crippen molar-refractivity contribution in [1.82, 2.24) is 9.88 Å². The third-order valence-corrected chi connectivity index (χ3v) is 3.92. The molecular formula is C18H20N2O2. The zero-order chi connectivity index (χ0) is 15.7. The molecule has 0 aliphatic carbocycles. The van der Waals surface area contributed by atoms with E-state index in [4.69, 9.17) is 4.42 Å². The second kappa shape index (κ2) is 5.72. The summed E-state index contributed by atoms with van der Waals surface area (Å²) in [5.74, 6) is 1.73. The van der Waals surface area contributed by atoms with Crippen LogP contribution in [0.3, 0.4) is 0 Å². The van der Waals surface area contributed by atoms with Crippen molar-refractivity contribution in [3.63, 3.8) is 0 Å². The summed E-state index contributed by atoms with van der Waals surface area (Å²) in [6.45, 7) is 6.71. The molecule has 0 fully saturated rings. The molecule has 3 rings (SSSR count). The van der Waals surface area contributed by atoms with Gasteiger partial charge in [-0.1, -0.05) is 18.2 Å². The largest absolute Gasteiger partial charge is 0.466 e. The van der Waals surface area contributed by atoms with E-state index in [2.05, 4.69) is 18.3 Å². The highest BCUT2D eigenvalue weighted by molar-refractivity contribution is 5.85. The third kappa shape index (κ3) is 2.77. The van der Waals surface area contributed by atoms with Crippen molar-refractivity contribution in [2.45, 2.75) is 33.9 Å². The molecule has 3 aromatic rings. The van der Waals surface area contributed by atoms with Crippen LogP contribution in [-0.2, 0) is 17.9 Å². The highest BCUT2D eigenvalue weighted by Gasteiger charge is 2.10. The number of furan rings is 1. The highest BCUT2D eigenvalue weighted by atomic mass is 16.3. The Balaban J connectivity index is 1.70. The van der Waals surface area contributed by atoms with Gasteiger partial charge in [-0.25, -0.2) is 0 Å². The Bertz CT molecular complexity index is 827. The Morgan fingerprint density at radius 2 is 2.00 bits per heavy atom. The molecule has 0 atom stereocenters. The molecule has 1 amide bonds. The molecule has 2 heterocycles. The molecule has 22 heavy (non-hydrogen) atoms. The van der Waals surface area contributed by atoms with Crippen LogP contribution in [0.25, 0.3) is 10.9 Å². The number of aryl methyl sites for hydroxylation is 3. The quantitative estimate of drug-likeness (QED) is 0.801. The smallest absolute Gasteiger partial charge is 0.240 e. The predicted octanol–water partition coefficient (Wildman–Crippen LogP) is 3.48. The standard InChI is InChI=1S/C18H20N2O2/c1-12-10-20(17-7-5-4-6-16(12)17)11-18(21)19-9-15-8-13(2)22-14(15)3/h4-8,10H,9,11H2,1-3H3,(H,19,21). The second-order valence-electron chi connectivity index (χ2n) is 5.67. The Morgan fingerprint density at radius 3 is 2.73 bits per heavy atom. The molecule has 0 spiro atoms. The molecule has 0 radical (unpaired) electrons. The number of para-hydroxylation sites is 1. The van der Waals surface area contributed by atoms with Crippen molar-refractivity contribution in [2.24, 2.45) is 0 Å². The van der Waals surface area contributed by atoms with Gasteiger partial charge in [-0.2, -0.15) is 0 Å². The lowest BCUT2D eigenvalue weighted by Crippen LogP contribution is -2.26.